The molecule has 516 valence electrons. The summed E-state index contributed by atoms with van der Waals surface area (Å²) in [5.41, 5.74) is 0. The van der Waals surface area contributed by atoms with Crippen LogP contribution in [-0.2, 0) is 65.4 Å². The van der Waals surface area contributed by atoms with E-state index in [0.29, 0.717) is 25.7 Å². The lowest BCUT2D eigenvalue weighted by atomic mass is 10.00. The molecule has 3 N–H and O–H groups in total. The van der Waals surface area contributed by atoms with Gasteiger partial charge in [-0.3, -0.25) is 37.3 Å². The zero-order chi connectivity index (χ0) is 64.2. The van der Waals surface area contributed by atoms with Crippen LogP contribution in [0.4, 0.5) is 0 Å². The molecule has 0 amide bonds. The maximum absolute atomic E-state index is 13.0. The molecule has 0 heterocycles. The normalized spacial score (nSPS) is 14.4. The Morgan fingerprint density at radius 2 is 0.552 bits per heavy atom. The molecule has 0 aliphatic carbocycles. The Balaban J connectivity index is 5.16. The molecule has 19 heteroatoms. The first-order valence-corrected chi connectivity index (χ1v) is 38.7. The van der Waals surface area contributed by atoms with Gasteiger partial charge in [-0.1, -0.05) is 298 Å². The minimum absolute atomic E-state index is 0.102. The van der Waals surface area contributed by atoms with Gasteiger partial charge in [0.15, 0.2) is 12.2 Å². The predicted molar refractivity (Wildman–Crippen MR) is 349 cm³/mol. The van der Waals surface area contributed by atoms with Crippen LogP contribution in [0, 0.1) is 5.92 Å². The van der Waals surface area contributed by atoms with Crippen molar-refractivity contribution in [2.24, 2.45) is 5.92 Å². The van der Waals surface area contributed by atoms with E-state index in [4.69, 9.17) is 37.0 Å². The van der Waals surface area contributed by atoms with Gasteiger partial charge >= 0.3 is 39.5 Å². The topological polar surface area (TPSA) is 237 Å². The monoisotopic (exact) mass is 1280 g/mol. The summed E-state index contributed by atoms with van der Waals surface area (Å²) >= 11 is 0. The number of hydrogen-bond donors (Lipinski definition) is 3. The van der Waals surface area contributed by atoms with Gasteiger partial charge in [0.1, 0.15) is 19.3 Å². The van der Waals surface area contributed by atoms with Crippen molar-refractivity contribution < 1.29 is 80.2 Å². The van der Waals surface area contributed by atoms with Crippen LogP contribution in [0.25, 0.3) is 0 Å². The lowest BCUT2D eigenvalue weighted by Crippen LogP contribution is -2.30. The molecule has 0 aromatic rings. The van der Waals surface area contributed by atoms with Crippen LogP contribution in [0.2, 0.25) is 0 Å². The Labute approximate surface area is 530 Å². The Hall–Kier alpha value is -1.94. The lowest BCUT2D eigenvalue weighted by molar-refractivity contribution is -0.161. The zero-order valence-corrected chi connectivity index (χ0v) is 57.9. The maximum atomic E-state index is 13.0. The van der Waals surface area contributed by atoms with Gasteiger partial charge in [0, 0.05) is 25.7 Å². The highest BCUT2D eigenvalue weighted by Gasteiger charge is 2.30. The number of rotatable bonds is 68. The number of ether oxygens (including phenoxy) is 4. The molecule has 0 saturated carbocycles. The third kappa shape index (κ3) is 61.3. The molecule has 0 aliphatic heterocycles. The van der Waals surface area contributed by atoms with Crippen molar-refractivity contribution in [3.63, 3.8) is 0 Å². The molecule has 0 bridgehead atoms. The van der Waals surface area contributed by atoms with Crippen LogP contribution in [0.1, 0.15) is 349 Å². The van der Waals surface area contributed by atoms with E-state index in [1.54, 1.807) is 0 Å². The van der Waals surface area contributed by atoms with Gasteiger partial charge in [0.25, 0.3) is 0 Å². The van der Waals surface area contributed by atoms with Gasteiger partial charge in [-0.15, -0.1) is 0 Å². The second-order valence-electron chi connectivity index (χ2n) is 24.8. The molecular formula is C68H132O17P2. The van der Waals surface area contributed by atoms with Gasteiger partial charge in [-0.05, 0) is 31.6 Å². The molecule has 0 fully saturated rings. The standard InChI is InChI=1S/C68H132O17P2/c1-6-10-13-16-18-20-22-24-26-28-30-32-34-36-42-47-52-66(71)79-58-64(84-67(72)53-48-43-37-35-33-31-29-27-25-23-21-19-17-14-11-7-2)60-83-87(76,77)81-56-62(69)55-80-86(74,75)82-59-63(57-78-65(70)51-46-40-15-12-8-3)85-68(73)54-49-44-39-38-41-45-50-61(5)9-4/h61-64,69H,6-60H2,1-5H3,(H,74,75)(H,76,77)/t61?,62-,63+,64+/m0/s1. The average molecular weight is 1280 g/mol. The summed E-state index contributed by atoms with van der Waals surface area (Å²) in [7, 11) is -9.89. The number of unbranched alkanes of at least 4 members (excludes halogenated alkanes) is 39. The summed E-state index contributed by atoms with van der Waals surface area (Å²) in [5.74, 6) is -1.42. The van der Waals surface area contributed by atoms with E-state index < -0.39 is 97.5 Å². The van der Waals surface area contributed by atoms with E-state index in [-0.39, 0.29) is 25.7 Å². The number of aliphatic hydroxyl groups is 1. The summed E-state index contributed by atoms with van der Waals surface area (Å²) in [5, 5.41) is 10.5. The fraction of sp³-hybridized carbons (Fsp3) is 0.941. The highest BCUT2D eigenvalue weighted by Crippen LogP contribution is 2.45. The fourth-order valence-corrected chi connectivity index (χ4v) is 11.8. The largest absolute Gasteiger partial charge is 0.472 e. The quantitative estimate of drug-likeness (QED) is 0.0222. The first kappa shape index (κ1) is 85.1. The number of phosphoric ester groups is 2. The van der Waals surface area contributed by atoms with E-state index in [1.807, 2.05) is 0 Å². The molecule has 0 spiro atoms. The van der Waals surface area contributed by atoms with Crippen molar-refractivity contribution in [2.45, 2.75) is 368 Å². The summed E-state index contributed by atoms with van der Waals surface area (Å²) in [4.78, 5) is 72.2. The second-order valence-corrected chi connectivity index (χ2v) is 27.7. The summed E-state index contributed by atoms with van der Waals surface area (Å²) < 4.78 is 68.0. The highest BCUT2D eigenvalue weighted by molar-refractivity contribution is 7.47. The van der Waals surface area contributed by atoms with Crippen molar-refractivity contribution in [3.8, 4) is 0 Å². The highest BCUT2D eigenvalue weighted by atomic mass is 31.2. The minimum Gasteiger partial charge on any atom is -0.462 e. The van der Waals surface area contributed by atoms with E-state index in [2.05, 4.69) is 34.6 Å². The average Bonchev–Trinajstić information content (AvgIpc) is 3.71. The molecule has 0 radical (unpaired) electrons. The molecule has 0 aromatic heterocycles. The second kappa shape index (κ2) is 61.6. The first-order chi connectivity index (χ1) is 42.1. The Kier molecular flexibility index (Phi) is 60.2. The van der Waals surface area contributed by atoms with Crippen LogP contribution in [-0.4, -0.2) is 96.7 Å². The van der Waals surface area contributed by atoms with Gasteiger partial charge in [-0.25, -0.2) is 9.13 Å². The molecule has 87 heavy (non-hydrogen) atoms. The Bertz CT molecular complexity index is 1690. The number of carbonyl (C=O) groups is 4. The lowest BCUT2D eigenvalue weighted by Gasteiger charge is -2.21. The van der Waals surface area contributed by atoms with Crippen LogP contribution in [0.5, 0.6) is 0 Å². The number of esters is 4. The third-order valence-corrected chi connectivity index (χ3v) is 18.0. The van der Waals surface area contributed by atoms with Crippen molar-refractivity contribution in [1.82, 2.24) is 0 Å². The van der Waals surface area contributed by atoms with Gasteiger partial charge in [-0.2, -0.15) is 0 Å². The molecule has 0 aliphatic rings. The zero-order valence-electron chi connectivity index (χ0n) is 56.2. The molecule has 0 rings (SSSR count). The molecule has 17 nitrogen and oxygen atoms in total. The predicted octanol–water partition coefficient (Wildman–Crippen LogP) is 19.4. The number of phosphoric acid groups is 2. The fourth-order valence-electron chi connectivity index (χ4n) is 10.3. The van der Waals surface area contributed by atoms with Gasteiger partial charge < -0.3 is 33.8 Å². The van der Waals surface area contributed by atoms with E-state index >= 15 is 0 Å². The van der Waals surface area contributed by atoms with E-state index in [1.165, 1.54) is 167 Å². The molecule has 6 atom stereocenters. The third-order valence-electron chi connectivity index (χ3n) is 16.1. The summed E-state index contributed by atoms with van der Waals surface area (Å²) in [6.07, 6.45) is 47.6. The van der Waals surface area contributed by atoms with E-state index in [0.717, 1.165) is 102 Å². The molecule has 0 aromatic carbocycles. The smallest absolute Gasteiger partial charge is 0.462 e. The molecule has 3 unspecified atom stereocenters. The van der Waals surface area contributed by atoms with Crippen LogP contribution < -0.4 is 0 Å². The number of carbonyl (C=O) groups excluding carboxylic acids is 4. The van der Waals surface area contributed by atoms with E-state index in [9.17, 15) is 43.2 Å². The van der Waals surface area contributed by atoms with Crippen LogP contribution >= 0.6 is 15.6 Å². The molecule has 0 saturated heterocycles. The number of hydrogen-bond acceptors (Lipinski definition) is 15. The van der Waals surface area contributed by atoms with Crippen molar-refractivity contribution in [1.29, 1.82) is 0 Å². The summed E-state index contributed by atoms with van der Waals surface area (Å²) in [6.45, 7) is 7.10. The molecular weight excluding hydrogens is 1150 g/mol. The maximum Gasteiger partial charge on any atom is 0.472 e. The Morgan fingerprint density at radius 1 is 0.322 bits per heavy atom. The minimum atomic E-state index is -4.95. The first-order valence-electron chi connectivity index (χ1n) is 35.7. The van der Waals surface area contributed by atoms with Crippen molar-refractivity contribution >= 4 is 39.5 Å². The summed E-state index contributed by atoms with van der Waals surface area (Å²) in [6, 6.07) is 0. The SMILES string of the molecule is CCCCCCCCCCCCCCCCCCC(=O)OC[C@H](COP(=O)(O)OC[C@@H](O)COP(=O)(O)OC[C@@H](COC(=O)CCCCCCC)OC(=O)CCCCCCCCC(C)CC)OC(=O)CCCCCCCCCCCCCCCCCC. The van der Waals surface area contributed by atoms with Crippen LogP contribution in [0.15, 0.2) is 0 Å². The van der Waals surface area contributed by atoms with Crippen molar-refractivity contribution in [2.75, 3.05) is 39.6 Å². The Morgan fingerprint density at radius 3 is 0.816 bits per heavy atom. The van der Waals surface area contributed by atoms with Crippen LogP contribution in [0.3, 0.4) is 0 Å². The number of aliphatic hydroxyl groups excluding tert-OH is 1. The van der Waals surface area contributed by atoms with Crippen molar-refractivity contribution in [3.05, 3.63) is 0 Å². The van der Waals surface area contributed by atoms with Gasteiger partial charge in [0.05, 0.1) is 26.4 Å². The van der Waals surface area contributed by atoms with Gasteiger partial charge in [0.2, 0.25) is 0 Å².